The van der Waals surface area contributed by atoms with Gasteiger partial charge in [0, 0.05) is 48.9 Å². The van der Waals surface area contributed by atoms with Gasteiger partial charge in [-0.15, -0.1) is 0 Å². The smallest absolute Gasteiger partial charge is 0.253 e. The summed E-state index contributed by atoms with van der Waals surface area (Å²) in [6.45, 7) is 8.62. The van der Waals surface area contributed by atoms with Crippen LogP contribution in [-0.4, -0.2) is 73.7 Å². The third-order valence-electron chi connectivity index (χ3n) is 8.95. The second kappa shape index (κ2) is 12.8. The molecule has 0 radical (unpaired) electrons. The van der Waals surface area contributed by atoms with Crippen LogP contribution in [0.3, 0.4) is 0 Å². The van der Waals surface area contributed by atoms with Gasteiger partial charge in [0.15, 0.2) is 0 Å². The summed E-state index contributed by atoms with van der Waals surface area (Å²) in [5.74, 6) is 1.21. The molecule has 0 bridgehead atoms. The van der Waals surface area contributed by atoms with Crippen LogP contribution in [0, 0.1) is 0 Å². The van der Waals surface area contributed by atoms with Crippen LogP contribution in [-0.2, 0) is 4.79 Å². The molecular weight excluding hydrogens is 512 g/mol. The summed E-state index contributed by atoms with van der Waals surface area (Å²) in [5.41, 5.74) is 3.66. The number of hydrogen-bond acceptors (Lipinski definition) is 5. The van der Waals surface area contributed by atoms with Gasteiger partial charge < -0.3 is 24.8 Å². The number of amides is 2. The third-order valence-corrected chi connectivity index (χ3v) is 8.95. The minimum absolute atomic E-state index is 0.0677. The van der Waals surface area contributed by atoms with Crippen molar-refractivity contribution in [2.75, 3.05) is 51.4 Å². The first kappa shape index (κ1) is 28.7. The van der Waals surface area contributed by atoms with Crippen LogP contribution in [0.15, 0.2) is 78.9 Å². The van der Waals surface area contributed by atoms with E-state index in [0.29, 0.717) is 19.8 Å². The molecule has 0 aliphatic carbocycles. The number of hydrogen-bond donors (Lipinski definition) is 1. The normalized spacial score (nSPS) is 17.3. The van der Waals surface area contributed by atoms with Crippen LogP contribution in [0.4, 0.5) is 5.69 Å². The number of ether oxygens (including phenoxy) is 1. The highest BCUT2D eigenvalue weighted by atomic mass is 16.5. The van der Waals surface area contributed by atoms with Crippen LogP contribution in [0.2, 0.25) is 0 Å². The molecule has 2 saturated heterocycles. The van der Waals surface area contributed by atoms with E-state index >= 15 is 0 Å². The van der Waals surface area contributed by atoms with E-state index in [-0.39, 0.29) is 17.7 Å². The predicted octanol–water partition coefficient (Wildman–Crippen LogP) is 5.13. The standard InChI is InChI=1S/C34H42N4O3/c1-4-37(5-2)32(39)27-17-15-26(16-18-27)29(30-13-9-10-14-31(30)41-3)19-22-36-23-20-34(21-24-36)33(40)35-25-38(34)28-11-7-6-8-12-28/h6-18,29H,4-5,19-25H2,1-3H3,(H,35,40). The van der Waals surface area contributed by atoms with E-state index in [2.05, 4.69) is 51.5 Å². The van der Waals surface area contributed by atoms with Gasteiger partial charge in [0.1, 0.15) is 11.3 Å². The van der Waals surface area contributed by atoms with Crippen molar-refractivity contribution in [2.45, 2.75) is 44.6 Å². The fourth-order valence-corrected chi connectivity index (χ4v) is 6.50. The number of likely N-dealkylation sites (tertiary alicyclic amines) is 1. The highest BCUT2D eigenvalue weighted by Crippen LogP contribution is 2.38. The van der Waals surface area contributed by atoms with Crippen molar-refractivity contribution in [2.24, 2.45) is 0 Å². The average molecular weight is 555 g/mol. The molecule has 2 fully saturated rings. The van der Waals surface area contributed by atoms with Crippen LogP contribution in [0.1, 0.15) is 60.5 Å². The van der Waals surface area contributed by atoms with Gasteiger partial charge in [-0.2, -0.15) is 0 Å². The topological polar surface area (TPSA) is 65.1 Å². The SMILES string of the molecule is CCN(CC)C(=O)c1ccc(C(CCN2CCC3(CC2)C(=O)NCN3c2ccccc2)c2ccccc2OC)cc1. The maximum atomic E-state index is 13.1. The van der Waals surface area contributed by atoms with Crippen molar-refractivity contribution in [3.8, 4) is 5.75 Å². The Hall–Kier alpha value is -3.84. The molecule has 1 spiro atoms. The fraction of sp³-hybridized carbons (Fsp3) is 0.412. The largest absolute Gasteiger partial charge is 0.496 e. The minimum Gasteiger partial charge on any atom is -0.496 e. The van der Waals surface area contributed by atoms with E-state index < -0.39 is 5.54 Å². The van der Waals surface area contributed by atoms with Crippen molar-refractivity contribution in [3.63, 3.8) is 0 Å². The van der Waals surface area contributed by atoms with Crippen molar-refractivity contribution < 1.29 is 14.3 Å². The number of para-hydroxylation sites is 2. The molecule has 2 aliphatic heterocycles. The quantitative estimate of drug-likeness (QED) is 0.377. The molecule has 7 heteroatoms. The minimum atomic E-state index is -0.479. The lowest BCUT2D eigenvalue weighted by Crippen LogP contribution is -2.56. The molecular formula is C34H42N4O3. The first-order chi connectivity index (χ1) is 20.0. The number of carbonyl (C=O) groups is 2. The second-order valence-electron chi connectivity index (χ2n) is 11.0. The van der Waals surface area contributed by atoms with E-state index in [1.807, 2.05) is 61.2 Å². The molecule has 2 amide bonds. The summed E-state index contributed by atoms with van der Waals surface area (Å²) < 4.78 is 5.77. The van der Waals surface area contributed by atoms with Crippen molar-refractivity contribution in [1.82, 2.24) is 15.1 Å². The van der Waals surface area contributed by atoms with Gasteiger partial charge in [-0.3, -0.25) is 9.59 Å². The number of methoxy groups -OCH3 is 1. The molecule has 5 rings (SSSR count). The summed E-state index contributed by atoms with van der Waals surface area (Å²) in [4.78, 5) is 32.6. The maximum absolute atomic E-state index is 13.1. The summed E-state index contributed by atoms with van der Waals surface area (Å²) in [6.07, 6.45) is 2.51. The van der Waals surface area contributed by atoms with E-state index in [9.17, 15) is 9.59 Å². The Labute approximate surface area is 244 Å². The van der Waals surface area contributed by atoms with Crippen molar-refractivity contribution in [1.29, 1.82) is 0 Å². The molecule has 3 aromatic carbocycles. The van der Waals surface area contributed by atoms with E-state index in [4.69, 9.17) is 4.74 Å². The zero-order valence-corrected chi connectivity index (χ0v) is 24.5. The number of anilines is 1. The number of nitrogens with one attached hydrogen (secondary N) is 1. The monoisotopic (exact) mass is 554 g/mol. The van der Waals surface area contributed by atoms with Crippen LogP contribution < -0.4 is 15.0 Å². The molecule has 0 saturated carbocycles. The Balaban J connectivity index is 1.31. The average Bonchev–Trinajstić information content (AvgIpc) is 3.34. The Morgan fingerprint density at radius 1 is 0.951 bits per heavy atom. The summed E-state index contributed by atoms with van der Waals surface area (Å²) >= 11 is 0. The molecule has 2 aliphatic rings. The highest BCUT2D eigenvalue weighted by Gasteiger charge is 2.50. The second-order valence-corrected chi connectivity index (χ2v) is 11.0. The molecule has 0 aromatic heterocycles. The van der Waals surface area contributed by atoms with Crippen molar-refractivity contribution >= 4 is 17.5 Å². The molecule has 216 valence electrons. The number of piperidine rings is 1. The van der Waals surface area contributed by atoms with Crippen molar-refractivity contribution in [3.05, 3.63) is 95.6 Å². The number of rotatable bonds is 10. The first-order valence-electron chi connectivity index (χ1n) is 14.9. The summed E-state index contributed by atoms with van der Waals surface area (Å²) in [5, 5.41) is 3.10. The van der Waals surface area contributed by atoms with E-state index in [0.717, 1.165) is 61.5 Å². The number of nitrogens with zero attached hydrogens (tertiary/aromatic N) is 3. The highest BCUT2D eigenvalue weighted by molar-refractivity contribution is 5.94. The first-order valence-corrected chi connectivity index (χ1v) is 14.9. The predicted molar refractivity (Wildman–Crippen MR) is 163 cm³/mol. The van der Waals surface area contributed by atoms with Gasteiger partial charge in [0.2, 0.25) is 5.91 Å². The Morgan fingerprint density at radius 3 is 2.27 bits per heavy atom. The third kappa shape index (κ3) is 5.82. The zero-order chi connectivity index (χ0) is 28.8. The number of carbonyl (C=O) groups excluding carboxylic acids is 2. The molecule has 2 heterocycles. The summed E-state index contributed by atoms with van der Waals surface area (Å²) in [7, 11) is 1.72. The van der Waals surface area contributed by atoms with Crippen LogP contribution >= 0.6 is 0 Å². The lowest BCUT2D eigenvalue weighted by atomic mass is 9.84. The Kier molecular flexibility index (Phi) is 8.93. The van der Waals surface area contributed by atoms with Crippen LogP contribution in [0.25, 0.3) is 0 Å². The van der Waals surface area contributed by atoms with E-state index in [1.54, 1.807) is 7.11 Å². The molecule has 1 N–H and O–H groups in total. The lowest BCUT2D eigenvalue weighted by Gasteiger charge is -2.43. The van der Waals surface area contributed by atoms with Gasteiger partial charge in [-0.05, 0) is 75.5 Å². The van der Waals surface area contributed by atoms with Gasteiger partial charge in [-0.1, -0.05) is 48.5 Å². The molecule has 7 nitrogen and oxygen atoms in total. The zero-order valence-electron chi connectivity index (χ0n) is 24.5. The Morgan fingerprint density at radius 2 is 1.61 bits per heavy atom. The maximum Gasteiger partial charge on any atom is 0.253 e. The Bertz CT molecular complexity index is 1320. The van der Waals surface area contributed by atoms with Gasteiger partial charge >= 0.3 is 0 Å². The lowest BCUT2D eigenvalue weighted by molar-refractivity contribution is -0.125. The molecule has 1 unspecified atom stereocenters. The summed E-state index contributed by atoms with van der Waals surface area (Å²) in [6, 6.07) is 26.6. The van der Waals surface area contributed by atoms with Gasteiger partial charge in [0.05, 0.1) is 13.8 Å². The van der Waals surface area contributed by atoms with Crippen LogP contribution in [0.5, 0.6) is 5.75 Å². The molecule has 41 heavy (non-hydrogen) atoms. The molecule has 3 aromatic rings. The number of benzene rings is 3. The molecule has 1 atom stereocenters. The van der Waals surface area contributed by atoms with E-state index in [1.165, 1.54) is 5.56 Å². The fourth-order valence-electron chi connectivity index (χ4n) is 6.50. The van der Waals surface area contributed by atoms with Gasteiger partial charge in [-0.25, -0.2) is 0 Å². The van der Waals surface area contributed by atoms with Gasteiger partial charge in [0.25, 0.3) is 5.91 Å².